The summed E-state index contributed by atoms with van der Waals surface area (Å²) in [5.41, 5.74) is 1.43. The first kappa shape index (κ1) is 11.0. The molecule has 0 aliphatic carbocycles. The number of ether oxygens (including phenoxy) is 1. The topological polar surface area (TPSA) is 35.3 Å². The SMILES string of the molecule is Clc1ccc2oc(OCCCI)nc2c1. The minimum atomic E-state index is 0.317. The Morgan fingerprint density at radius 1 is 1.47 bits per heavy atom. The van der Waals surface area contributed by atoms with Crippen molar-refractivity contribution < 1.29 is 9.15 Å². The molecule has 5 heteroatoms. The van der Waals surface area contributed by atoms with E-state index in [2.05, 4.69) is 27.6 Å². The van der Waals surface area contributed by atoms with Crippen LogP contribution in [0.4, 0.5) is 0 Å². The number of benzene rings is 1. The van der Waals surface area contributed by atoms with E-state index in [0.717, 1.165) is 16.4 Å². The molecule has 2 aromatic rings. The van der Waals surface area contributed by atoms with Gasteiger partial charge in [0, 0.05) is 9.45 Å². The van der Waals surface area contributed by atoms with E-state index in [4.69, 9.17) is 20.8 Å². The number of hydrogen-bond acceptors (Lipinski definition) is 3. The zero-order chi connectivity index (χ0) is 10.7. The fourth-order valence-corrected chi connectivity index (χ4v) is 1.63. The number of fused-ring (bicyclic) bond motifs is 1. The molecule has 15 heavy (non-hydrogen) atoms. The van der Waals surface area contributed by atoms with Gasteiger partial charge in [0.05, 0.1) is 6.61 Å². The maximum absolute atomic E-state index is 5.83. The van der Waals surface area contributed by atoms with Crippen LogP contribution in [0.15, 0.2) is 22.6 Å². The predicted octanol–water partition coefficient (Wildman–Crippen LogP) is 3.69. The van der Waals surface area contributed by atoms with Crippen molar-refractivity contribution in [1.29, 1.82) is 0 Å². The highest BCUT2D eigenvalue weighted by molar-refractivity contribution is 14.1. The monoisotopic (exact) mass is 337 g/mol. The van der Waals surface area contributed by atoms with Gasteiger partial charge in [-0.1, -0.05) is 34.2 Å². The molecular weight excluding hydrogens is 328 g/mol. The van der Waals surface area contributed by atoms with Crippen LogP contribution < -0.4 is 4.74 Å². The van der Waals surface area contributed by atoms with Gasteiger partial charge in [-0.15, -0.1) is 0 Å². The van der Waals surface area contributed by atoms with Crippen molar-refractivity contribution in [3.63, 3.8) is 0 Å². The Bertz CT molecular complexity index is 458. The second kappa shape index (κ2) is 5.03. The smallest absolute Gasteiger partial charge is 0.394 e. The van der Waals surface area contributed by atoms with Crippen LogP contribution in [0.3, 0.4) is 0 Å². The Balaban J connectivity index is 2.16. The van der Waals surface area contributed by atoms with Crippen LogP contribution in [0.2, 0.25) is 5.02 Å². The van der Waals surface area contributed by atoms with Crippen molar-refractivity contribution >= 4 is 45.3 Å². The third kappa shape index (κ3) is 2.75. The first-order chi connectivity index (χ1) is 7.29. The maximum atomic E-state index is 5.83. The molecule has 0 atom stereocenters. The molecule has 0 fully saturated rings. The molecule has 0 aliphatic rings. The molecule has 0 amide bonds. The number of halogens is 2. The maximum Gasteiger partial charge on any atom is 0.394 e. The average Bonchev–Trinajstić information content (AvgIpc) is 2.60. The number of alkyl halides is 1. The standard InChI is InChI=1S/C10H9ClINO2/c11-7-2-3-9-8(6-7)13-10(15-9)14-5-1-4-12/h2-3,6H,1,4-5H2. The van der Waals surface area contributed by atoms with E-state index < -0.39 is 0 Å². The summed E-state index contributed by atoms with van der Waals surface area (Å²) >= 11 is 8.13. The van der Waals surface area contributed by atoms with Crippen molar-refractivity contribution in [2.75, 3.05) is 11.0 Å². The van der Waals surface area contributed by atoms with Crippen LogP contribution >= 0.6 is 34.2 Å². The molecule has 0 bridgehead atoms. The van der Waals surface area contributed by atoms with Crippen molar-refractivity contribution in [3.8, 4) is 6.08 Å². The largest absolute Gasteiger partial charge is 0.450 e. The number of oxazole rings is 1. The summed E-state index contributed by atoms with van der Waals surface area (Å²) in [4.78, 5) is 4.17. The second-order valence-electron chi connectivity index (χ2n) is 2.98. The molecule has 0 N–H and O–H groups in total. The molecule has 0 radical (unpaired) electrons. The van der Waals surface area contributed by atoms with Gasteiger partial charge in [-0.2, -0.15) is 4.98 Å². The number of aromatic nitrogens is 1. The first-order valence-corrected chi connectivity index (χ1v) is 6.45. The molecule has 80 valence electrons. The van der Waals surface area contributed by atoms with Crippen LogP contribution in [-0.4, -0.2) is 16.0 Å². The molecule has 0 saturated heterocycles. The molecule has 3 nitrogen and oxygen atoms in total. The Hall–Kier alpha value is -0.490. The molecule has 1 heterocycles. The van der Waals surface area contributed by atoms with Crippen molar-refractivity contribution in [1.82, 2.24) is 4.98 Å². The molecule has 1 aromatic carbocycles. The van der Waals surface area contributed by atoms with E-state index >= 15 is 0 Å². The van der Waals surface area contributed by atoms with Gasteiger partial charge in [-0.3, -0.25) is 0 Å². The van der Waals surface area contributed by atoms with Gasteiger partial charge in [-0.05, 0) is 24.6 Å². The lowest BCUT2D eigenvalue weighted by atomic mass is 10.3. The summed E-state index contributed by atoms with van der Waals surface area (Å²) in [5.74, 6) is 0. The molecule has 0 saturated carbocycles. The van der Waals surface area contributed by atoms with Gasteiger partial charge in [0.2, 0.25) is 0 Å². The predicted molar refractivity (Wildman–Crippen MR) is 68.0 cm³/mol. The van der Waals surface area contributed by atoms with E-state index in [1.807, 2.05) is 0 Å². The fourth-order valence-electron chi connectivity index (χ4n) is 1.16. The first-order valence-electron chi connectivity index (χ1n) is 4.54. The van der Waals surface area contributed by atoms with Gasteiger partial charge in [-0.25, -0.2) is 0 Å². The summed E-state index contributed by atoms with van der Waals surface area (Å²) < 4.78 is 11.8. The van der Waals surface area contributed by atoms with E-state index in [1.54, 1.807) is 18.2 Å². The van der Waals surface area contributed by atoms with Crippen molar-refractivity contribution in [2.24, 2.45) is 0 Å². The lowest BCUT2D eigenvalue weighted by Gasteiger charge is -1.96. The van der Waals surface area contributed by atoms with Gasteiger partial charge in [0.15, 0.2) is 5.58 Å². The molecule has 0 unspecified atom stereocenters. The van der Waals surface area contributed by atoms with Crippen LogP contribution in [0.1, 0.15) is 6.42 Å². The highest BCUT2D eigenvalue weighted by Crippen LogP contribution is 2.23. The quantitative estimate of drug-likeness (QED) is 0.485. The van der Waals surface area contributed by atoms with Crippen molar-refractivity contribution in [3.05, 3.63) is 23.2 Å². The normalized spacial score (nSPS) is 10.8. The highest BCUT2D eigenvalue weighted by Gasteiger charge is 2.06. The minimum absolute atomic E-state index is 0.317. The van der Waals surface area contributed by atoms with E-state index in [-0.39, 0.29) is 0 Å². The van der Waals surface area contributed by atoms with Gasteiger partial charge >= 0.3 is 6.08 Å². The van der Waals surface area contributed by atoms with Crippen LogP contribution in [0.25, 0.3) is 11.1 Å². The van der Waals surface area contributed by atoms with Gasteiger partial charge in [0.25, 0.3) is 0 Å². The summed E-state index contributed by atoms with van der Waals surface area (Å²) in [7, 11) is 0. The van der Waals surface area contributed by atoms with Gasteiger partial charge in [0.1, 0.15) is 5.52 Å². The summed E-state index contributed by atoms with van der Waals surface area (Å²) in [6.07, 6.45) is 1.30. The number of rotatable bonds is 4. The van der Waals surface area contributed by atoms with Crippen LogP contribution in [0.5, 0.6) is 6.08 Å². The zero-order valence-electron chi connectivity index (χ0n) is 7.87. The third-order valence-corrected chi connectivity index (χ3v) is 2.83. The Labute approximate surface area is 106 Å². The summed E-state index contributed by atoms with van der Waals surface area (Å²) in [6.45, 7) is 0.628. The van der Waals surface area contributed by atoms with Crippen molar-refractivity contribution in [2.45, 2.75) is 6.42 Å². The van der Waals surface area contributed by atoms with Crippen LogP contribution in [0, 0.1) is 0 Å². The Kier molecular flexibility index (Phi) is 3.69. The molecule has 2 rings (SSSR count). The minimum Gasteiger partial charge on any atom is -0.450 e. The third-order valence-electron chi connectivity index (χ3n) is 1.83. The molecule has 0 spiro atoms. The molecule has 0 aliphatic heterocycles. The van der Waals surface area contributed by atoms with E-state index in [0.29, 0.717) is 23.3 Å². The lowest BCUT2D eigenvalue weighted by Crippen LogP contribution is -1.97. The summed E-state index contributed by atoms with van der Waals surface area (Å²) in [6, 6.07) is 5.31. The molecule has 1 aromatic heterocycles. The Morgan fingerprint density at radius 2 is 2.33 bits per heavy atom. The van der Waals surface area contributed by atoms with Crippen LogP contribution in [-0.2, 0) is 0 Å². The highest BCUT2D eigenvalue weighted by atomic mass is 127. The number of hydrogen-bond donors (Lipinski definition) is 0. The average molecular weight is 338 g/mol. The molecular formula is C10H9ClINO2. The number of nitrogens with zero attached hydrogens (tertiary/aromatic N) is 1. The summed E-state index contributed by atoms with van der Waals surface area (Å²) in [5, 5.41) is 0.648. The van der Waals surface area contributed by atoms with Gasteiger partial charge < -0.3 is 9.15 Å². The zero-order valence-corrected chi connectivity index (χ0v) is 10.8. The van der Waals surface area contributed by atoms with E-state index in [1.165, 1.54) is 0 Å². The lowest BCUT2D eigenvalue weighted by molar-refractivity contribution is 0.238. The Morgan fingerprint density at radius 3 is 3.13 bits per heavy atom. The second-order valence-corrected chi connectivity index (χ2v) is 4.50. The fraction of sp³-hybridized carbons (Fsp3) is 0.300. The van der Waals surface area contributed by atoms with E-state index in [9.17, 15) is 0 Å².